The van der Waals surface area contributed by atoms with E-state index in [1.54, 1.807) is 6.07 Å². The highest BCUT2D eigenvalue weighted by Crippen LogP contribution is 2.23. The first kappa shape index (κ1) is 17.8. The zero-order chi connectivity index (χ0) is 18.6. The van der Waals surface area contributed by atoms with E-state index in [0.29, 0.717) is 17.4 Å². The lowest BCUT2D eigenvalue weighted by Crippen LogP contribution is -2.38. The van der Waals surface area contributed by atoms with E-state index >= 15 is 0 Å². The molecule has 0 bridgehead atoms. The average molecular weight is 365 g/mol. The van der Waals surface area contributed by atoms with Crippen LogP contribution in [0.5, 0.6) is 0 Å². The molecule has 0 atom stereocenters. The second-order valence-corrected chi connectivity index (χ2v) is 7.64. The quantitative estimate of drug-likeness (QED) is 0.895. The number of carbonyl (C=O) groups is 1. The highest BCUT2D eigenvalue weighted by atomic mass is 16.2. The molecular formula is C21H27N5O. The van der Waals surface area contributed by atoms with Crippen molar-refractivity contribution < 1.29 is 4.79 Å². The zero-order valence-electron chi connectivity index (χ0n) is 15.9. The van der Waals surface area contributed by atoms with E-state index in [1.165, 1.54) is 18.5 Å². The number of hydrogen-bond donors (Lipinski definition) is 1. The Bertz CT molecular complexity index is 760. The van der Waals surface area contributed by atoms with Crippen molar-refractivity contribution in [1.82, 2.24) is 15.1 Å². The van der Waals surface area contributed by atoms with Crippen molar-refractivity contribution in [1.29, 1.82) is 0 Å². The number of aromatic nitrogens is 2. The number of piperidine rings is 1. The number of carbonyl (C=O) groups excluding carboxylic acids is 1. The summed E-state index contributed by atoms with van der Waals surface area (Å²) in [5.41, 5.74) is 2.65. The van der Waals surface area contributed by atoms with E-state index < -0.39 is 0 Å². The lowest BCUT2D eigenvalue weighted by atomic mass is 9.99. The smallest absolute Gasteiger partial charge is 0.274 e. The molecule has 0 spiro atoms. The fourth-order valence-corrected chi connectivity index (χ4v) is 3.77. The normalized spacial score (nSPS) is 18.0. The summed E-state index contributed by atoms with van der Waals surface area (Å²) < 4.78 is 0. The van der Waals surface area contributed by atoms with Crippen LogP contribution in [-0.2, 0) is 0 Å². The van der Waals surface area contributed by atoms with Gasteiger partial charge in [0.15, 0.2) is 11.5 Å². The van der Waals surface area contributed by atoms with Crippen LogP contribution in [0.25, 0.3) is 0 Å². The summed E-state index contributed by atoms with van der Waals surface area (Å²) in [6.07, 6.45) is 4.67. The third-order valence-electron chi connectivity index (χ3n) is 5.57. The summed E-state index contributed by atoms with van der Waals surface area (Å²) >= 11 is 0. The molecule has 1 aromatic heterocycles. The molecule has 2 aliphatic heterocycles. The van der Waals surface area contributed by atoms with Crippen LogP contribution in [0.3, 0.4) is 0 Å². The van der Waals surface area contributed by atoms with Crippen molar-refractivity contribution in [2.75, 3.05) is 36.4 Å². The van der Waals surface area contributed by atoms with Gasteiger partial charge in [-0.2, -0.15) is 0 Å². The van der Waals surface area contributed by atoms with Crippen LogP contribution in [0.4, 0.5) is 17.2 Å². The summed E-state index contributed by atoms with van der Waals surface area (Å²) in [7, 11) is 0. The summed E-state index contributed by atoms with van der Waals surface area (Å²) in [5, 5.41) is 11.6. The molecule has 142 valence electrons. The fraction of sp³-hybridized carbons (Fsp3) is 0.476. The van der Waals surface area contributed by atoms with Gasteiger partial charge in [0.2, 0.25) is 0 Å². The van der Waals surface area contributed by atoms with E-state index in [4.69, 9.17) is 0 Å². The maximum absolute atomic E-state index is 12.5. The molecule has 0 unspecified atom stereocenters. The predicted molar refractivity (Wildman–Crippen MR) is 108 cm³/mol. The Balaban J connectivity index is 1.36. The largest absolute Gasteiger partial charge is 0.372 e. The van der Waals surface area contributed by atoms with Crippen molar-refractivity contribution in [2.24, 2.45) is 5.92 Å². The second-order valence-electron chi connectivity index (χ2n) is 7.64. The summed E-state index contributed by atoms with van der Waals surface area (Å²) in [5.74, 6) is 1.33. The molecule has 2 fully saturated rings. The Hall–Kier alpha value is -2.63. The van der Waals surface area contributed by atoms with E-state index in [-0.39, 0.29) is 5.91 Å². The molecule has 2 aliphatic rings. The molecule has 6 nitrogen and oxygen atoms in total. The second kappa shape index (κ2) is 7.94. The van der Waals surface area contributed by atoms with Crippen molar-refractivity contribution in [2.45, 2.75) is 32.6 Å². The Morgan fingerprint density at radius 1 is 0.963 bits per heavy atom. The fourth-order valence-electron chi connectivity index (χ4n) is 3.77. The third kappa shape index (κ3) is 4.21. The molecule has 3 heterocycles. The molecule has 27 heavy (non-hydrogen) atoms. The SMILES string of the molecule is CC1CCN(C(=O)c2ccc(Nc3ccc(N4CCCC4)cc3)nn2)CC1. The van der Waals surface area contributed by atoms with Crippen molar-refractivity contribution >= 4 is 23.1 Å². The van der Waals surface area contributed by atoms with Crippen molar-refractivity contribution in [3.05, 3.63) is 42.1 Å². The summed E-state index contributed by atoms with van der Waals surface area (Å²) in [6, 6.07) is 12.0. The molecule has 2 aromatic rings. The van der Waals surface area contributed by atoms with Crippen molar-refractivity contribution in [3.8, 4) is 0 Å². The monoisotopic (exact) mass is 365 g/mol. The molecule has 1 amide bonds. The molecule has 0 aliphatic carbocycles. The number of likely N-dealkylation sites (tertiary alicyclic amines) is 1. The molecule has 0 radical (unpaired) electrons. The minimum atomic E-state index is -0.0177. The average Bonchev–Trinajstić information content (AvgIpc) is 3.24. The molecule has 1 N–H and O–H groups in total. The molecule has 2 saturated heterocycles. The Kier molecular flexibility index (Phi) is 5.23. The van der Waals surface area contributed by atoms with Gasteiger partial charge in [-0.1, -0.05) is 6.92 Å². The minimum absolute atomic E-state index is 0.0177. The van der Waals surface area contributed by atoms with Crippen LogP contribution in [-0.4, -0.2) is 47.2 Å². The first-order valence-electron chi connectivity index (χ1n) is 9.94. The van der Waals surface area contributed by atoms with Gasteiger partial charge < -0.3 is 15.1 Å². The Morgan fingerprint density at radius 3 is 2.30 bits per heavy atom. The minimum Gasteiger partial charge on any atom is -0.372 e. The van der Waals surface area contributed by atoms with Crippen LogP contribution in [0.2, 0.25) is 0 Å². The highest BCUT2D eigenvalue weighted by Gasteiger charge is 2.22. The maximum Gasteiger partial charge on any atom is 0.274 e. The van der Waals surface area contributed by atoms with Crippen LogP contribution in [0, 0.1) is 5.92 Å². The predicted octanol–water partition coefficient (Wildman–Crippen LogP) is 3.69. The topological polar surface area (TPSA) is 61.4 Å². The first-order valence-corrected chi connectivity index (χ1v) is 9.94. The van der Waals surface area contributed by atoms with Gasteiger partial charge >= 0.3 is 0 Å². The van der Waals surface area contributed by atoms with Crippen LogP contribution in [0.15, 0.2) is 36.4 Å². The first-order chi connectivity index (χ1) is 13.2. The van der Waals surface area contributed by atoms with Gasteiger partial charge in [0.25, 0.3) is 5.91 Å². The van der Waals surface area contributed by atoms with E-state index in [0.717, 1.165) is 44.7 Å². The zero-order valence-corrected chi connectivity index (χ0v) is 15.9. The third-order valence-corrected chi connectivity index (χ3v) is 5.57. The van der Waals surface area contributed by atoms with E-state index in [2.05, 4.69) is 51.6 Å². The van der Waals surface area contributed by atoms with Crippen LogP contribution >= 0.6 is 0 Å². The number of anilines is 3. The van der Waals surface area contributed by atoms with Gasteiger partial charge in [0.05, 0.1) is 0 Å². The highest BCUT2D eigenvalue weighted by molar-refractivity contribution is 5.92. The molecule has 4 rings (SSSR count). The standard InChI is InChI=1S/C21H27N5O/c1-16-10-14-26(15-11-16)21(27)19-8-9-20(24-23-19)22-17-4-6-18(7-5-17)25-12-2-3-13-25/h4-9,16H,2-3,10-15H2,1H3,(H,22,24). The number of benzene rings is 1. The molecule has 1 aromatic carbocycles. The lowest BCUT2D eigenvalue weighted by molar-refractivity contribution is 0.0690. The van der Waals surface area contributed by atoms with Gasteiger partial charge in [0.1, 0.15) is 0 Å². The van der Waals surface area contributed by atoms with E-state index in [1.807, 2.05) is 11.0 Å². The van der Waals surface area contributed by atoms with Crippen molar-refractivity contribution in [3.63, 3.8) is 0 Å². The van der Waals surface area contributed by atoms with Gasteiger partial charge in [-0.25, -0.2) is 0 Å². The molecule has 6 heteroatoms. The number of nitrogens with zero attached hydrogens (tertiary/aromatic N) is 4. The van der Waals surface area contributed by atoms with Gasteiger partial charge in [-0.3, -0.25) is 4.79 Å². The van der Waals surface area contributed by atoms with Gasteiger partial charge in [-0.05, 0) is 68.0 Å². The van der Waals surface area contributed by atoms with Gasteiger partial charge in [0, 0.05) is 37.6 Å². The Morgan fingerprint density at radius 2 is 1.67 bits per heavy atom. The number of rotatable bonds is 4. The van der Waals surface area contributed by atoms with Gasteiger partial charge in [-0.15, -0.1) is 10.2 Å². The number of amides is 1. The molecular weight excluding hydrogens is 338 g/mol. The maximum atomic E-state index is 12.5. The lowest BCUT2D eigenvalue weighted by Gasteiger charge is -2.29. The number of nitrogens with one attached hydrogen (secondary N) is 1. The van der Waals surface area contributed by atoms with E-state index in [9.17, 15) is 4.79 Å². The van der Waals surface area contributed by atoms with Crippen LogP contribution < -0.4 is 10.2 Å². The molecule has 0 saturated carbocycles. The Labute approximate surface area is 160 Å². The van der Waals surface area contributed by atoms with Crippen LogP contribution in [0.1, 0.15) is 43.1 Å². The summed E-state index contributed by atoms with van der Waals surface area (Å²) in [6.45, 7) is 6.14. The number of hydrogen-bond acceptors (Lipinski definition) is 5. The summed E-state index contributed by atoms with van der Waals surface area (Å²) in [4.78, 5) is 16.8.